The van der Waals surface area contributed by atoms with Crippen LogP contribution in [-0.2, 0) is 31.6 Å². The van der Waals surface area contributed by atoms with Crippen molar-refractivity contribution in [2.75, 3.05) is 12.3 Å². The van der Waals surface area contributed by atoms with Gasteiger partial charge in [-0.3, -0.25) is 9.09 Å². The van der Waals surface area contributed by atoms with Gasteiger partial charge in [-0.15, -0.1) is 0 Å². The number of phosphoric ester groups is 1. The van der Waals surface area contributed by atoms with Gasteiger partial charge in [0.05, 0.1) is 6.61 Å². The predicted octanol–water partition coefficient (Wildman–Crippen LogP) is -3.42. The molecular formula is C9H18N3NaO15P3. The normalized spacial score (nSPS) is 27.4. The summed E-state index contributed by atoms with van der Waals surface area (Å²) in [6.45, 7) is -1.02. The number of aliphatic hydroxyl groups is 2. The van der Waals surface area contributed by atoms with E-state index in [0.717, 1.165) is 10.8 Å². The number of ether oxygens (including phenoxy) is 1. The minimum absolute atomic E-state index is 0. The molecule has 2 heterocycles. The standard InChI is InChI=1S/C9H16N3O14P3.Na.H2O/c10-5-1-2-12(9(15)11-5)8-7(14)6(13)4(24-8)3-23-28(19,20)26-29(21,22)25-27(16,17)18;;/h1-2,4,6-8,13-14H,3H2,(H,19,20)(H,21,22)(H2,10,11,15)(H2,16,17,18);;1H2/t4-,6-,7-,8-;;/m1../s1. The molecule has 2 rings (SSSR count). The van der Waals surface area contributed by atoms with Gasteiger partial charge in [0.1, 0.15) is 24.1 Å². The Morgan fingerprint density at radius 1 is 1.10 bits per heavy atom. The quantitative estimate of drug-likeness (QED) is 0.129. The van der Waals surface area contributed by atoms with Crippen LogP contribution in [0.25, 0.3) is 0 Å². The summed E-state index contributed by atoms with van der Waals surface area (Å²) in [5, 5.41) is 20.0. The molecule has 0 aliphatic carbocycles. The number of nitrogens with two attached hydrogens (primary N) is 1. The van der Waals surface area contributed by atoms with Crippen LogP contribution in [0.2, 0.25) is 0 Å². The number of phosphoric acid groups is 3. The Morgan fingerprint density at radius 2 is 1.68 bits per heavy atom. The third-order valence-electron chi connectivity index (χ3n) is 3.28. The second kappa shape index (κ2) is 11.4. The molecular weight excluding hydrogens is 506 g/mol. The summed E-state index contributed by atoms with van der Waals surface area (Å²) in [6.07, 6.45) is -5.38. The maximum Gasteiger partial charge on any atom is 0.490 e. The van der Waals surface area contributed by atoms with Crippen molar-refractivity contribution in [3.05, 3.63) is 22.7 Å². The molecule has 1 aromatic rings. The fourth-order valence-corrected chi connectivity index (χ4v) is 5.22. The van der Waals surface area contributed by atoms with Crippen LogP contribution in [0.3, 0.4) is 0 Å². The largest absolute Gasteiger partial charge is 0.490 e. The molecule has 0 saturated carbocycles. The number of anilines is 1. The summed E-state index contributed by atoms with van der Waals surface area (Å²) in [6, 6.07) is 1.20. The molecule has 10 N–H and O–H groups in total. The number of aromatic nitrogens is 2. The Balaban J connectivity index is 0.00000450. The van der Waals surface area contributed by atoms with Crippen molar-refractivity contribution < 1.29 is 66.8 Å². The van der Waals surface area contributed by atoms with Gasteiger partial charge in [-0.2, -0.15) is 13.6 Å². The molecule has 175 valence electrons. The number of hydrogen-bond acceptors (Lipinski definition) is 12. The van der Waals surface area contributed by atoms with E-state index in [4.69, 9.17) is 25.2 Å². The number of rotatable bonds is 8. The van der Waals surface area contributed by atoms with Crippen LogP contribution in [0.5, 0.6) is 0 Å². The Kier molecular flexibility index (Phi) is 11.3. The first-order chi connectivity index (χ1) is 13.1. The van der Waals surface area contributed by atoms with Crippen molar-refractivity contribution >= 4 is 58.8 Å². The van der Waals surface area contributed by atoms with E-state index in [0.29, 0.717) is 0 Å². The van der Waals surface area contributed by atoms with E-state index in [2.05, 4.69) is 18.1 Å². The monoisotopic (exact) mass is 524 g/mol. The maximum absolute atomic E-state index is 11.8. The van der Waals surface area contributed by atoms with Crippen molar-refractivity contribution in [2.24, 2.45) is 0 Å². The van der Waals surface area contributed by atoms with Crippen LogP contribution in [0.1, 0.15) is 6.23 Å². The molecule has 18 nitrogen and oxygen atoms in total. The second-order valence-electron chi connectivity index (χ2n) is 5.48. The van der Waals surface area contributed by atoms with Gasteiger partial charge in [0.15, 0.2) is 6.23 Å². The van der Waals surface area contributed by atoms with Gasteiger partial charge in [0.2, 0.25) is 0 Å². The van der Waals surface area contributed by atoms with E-state index in [9.17, 15) is 33.6 Å². The summed E-state index contributed by atoms with van der Waals surface area (Å²) in [5.41, 5.74) is 4.39. The van der Waals surface area contributed by atoms with Crippen molar-refractivity contribution in [1.82, 2.24) is 9.55 Å². The van der Waals surface area contributed by atoms with Crippen LogP contribution in [0.15, 0.2) is 17.1 Å². The second-order valence-corrected chi connectivity index (χ2v) is 9.90. The van der Waals surface area contributed by atoms with Crippen LogP contribution in [0, 0.1) is 0 Å². The minimum atomic E-state index is -5.71. The number of hydrogen-bond donors (Lipinski definition) is 7. The summed E-state index contributed by atoms with van der Waals surface area (Å²) in [7, 11) is -16.7. The number of aliphatic hydroxyl groups excluding tert-OH is 2. The molecule has 0 amide bonds. The van der Waals surface area contributed by atoms with Gasteiger partial charge in [-0.25, -0.2) is 18.5 Å². The molecule has 1 saturated heterocycles. The van der Waals surface area contributed by atoms with Crippen LogP contribution < -0.4 is 11.4 Å². The van der Waals surface area contributed by atoms with Crippen LogP contribution >= 0.6 is 23.5 Å². The third kappa shape index (κ3) is 9.00. The summed E-state index contributed by atoms with van der Waals surface area (Å²) in [5.74, 6) is -0.122. The molecule has 31 heavy (non-hydrogen) atoms. The zero-order valence-electron chi connectivity index (χ0n) is 15.4. The molecule has 1 aliphatic heterocycles. The molecule has 1 radical (unpaired) electrons. The molecule has 2 unspecified atom stereocenters. The maximum atomic E-state index is 11.8. The topological polar surface area (TPSA) is 302 Å². The summed E-state index contributed by atoms with van der Waals surface area (Å²) >= 11 is 0. The molecule has 0 bridgehead atoms. The van der Waals surface area contributed by atoms with Gasteiger partial charge < -0.3 is 45.7 Å². The number of nitrogens with zero attached hydrogens (tertiary/aromatic N) is 2. The smallest absolute Gasteiger partial charge is 0.412 e. The molecule has 22 heteroatoms. The van der Waals surface area contributed by atoms with E-state index in [-0.39, 0.29) is 40.9 Å². The van der Waals surface area contributed by atoms with E-state index in [1.54, 1.807) is 0 Å². The van der Waals surface area contributed by atoms with Gasteiger partial charge in [0.25, 0.3) is 0 Å². The van der Waals surface area contributed by atoms with Crippen LogP contribution in [0.4, 0.5) is 5.82 Å². The zero-order chi connectivity index (χ0) is 22.2. The third-order valence-corrected chi connectivity index (χ3v) is 7.08. The SMILES string of the molecule is Nc1ccn([C@@H]2O[C@H](COP(=O)(O)OP(=O)(O)OP(=O)(O)O)[C@@H](O)[C@H]2O)c(=O)n1.O.[Na]. The molecule has 6 atom stereocenters. The summed E-state index contributed by atoms with van der Waals surface area (Å²) in [4.78, 5) is 50.5. The van der Waals surface area contributed by atoms with Gasteiger partial charge >= 0.3 is 29.2 Å². The fourth-order valence-electron chi connectivity index (χ4n) is 2.19. The first-order valence-electron chi connectivity index (χ1n) is 7.25. The van der Waals surface area contributed by atoms with Gasteiger partial charge in [-0.05, 0) is 6.07 Å². The fraction of sp³-hybridized carbons (Fsp3) is 0.556. The van der Waals surface area contributed by atoms with Crippen LogP contribution in [-0.4, -0.2) is 99.3 Å². The number of nitrogen functional groups attached to an aromatic ring is 1. The minimum Gasteiger partial charge on any atom is -0.412 e. The Labute approximate surface area is 194 Å². The zero-order valence-corrected chi connectivity index (χ0v) is 20.1. The molecule has 0 aromatic carbocycles. The van der Waals surface area contributed by atoms with Crippen molar-refractivity contribution in [2.45, 2.75) is 24.5 Å². The molecule has 1 fully saturated rings. The first kappa shape index (κ1) is 30.9. The van der Waals surface area contributed by atoms with Crippen molar-refractivity contribution in [3.8, 4) is 0 Å². The average molecular weight is 524 g/mol. The first-order valence-corrected chi connectivity index (χ1v) is 11.8. The van der Waals surface area contributed by atoms with Crippen molar-refractivity contribution in [1.29, 1.82) is 0 Å². The Morgan fingerprint density at radius 3 is 2.19 bits per heavy atom. The Bertz CT molecular complexity index is 953. The van der Waals surface area contributed by atoms with E-state index < -0.39 is 60.3 Å². The molecule has 0 spiro atoms. The molecule has 1 aliphatic rings. The Hall–Kier alpha value is -0.0700. The van der Waals surface area contributed by atoms with Gasteiger partial charge in [0, 0.05) is 35.8 Å². The summed E-state index contributed by atoms with van der Waals surface area (Å²) < 4.78 is 50.8. The average Bonchev–Trinajstić information content (AvgIpc) is 2.78. The molecule has 1 aromatic heterocycles. The van der Waals surface area contributed by atoms with E-state index in [1.165, 1.54) is 6.07 Å². The van der Waals surface area contributed by atoms with Gasteiger partial charge in [-0.1, -0.05) is 0 Å². The predicted molar refractivity (Wildman–Crippen MR) is 98.0 cm³/mol. The van der Waals surface area contributed by atoms with Crippen molar-refractivity contribution in [3.63, 3.8) is 0 Å². The van der Waals surface area contributed by atoms with E-state index in [1.807, 2.05) is 0 Å². The van der Waals surface area contributed by atoms with E-state index >= 15 is 0 Å².